The Morgan fingerprint density at radius 1 is 0.972 bits per heavy atom. The Morgan fingerprint density at radius 2 is 1.69 bits per heavy atom. The summed E-state index contributed by atoms with van der Waals surface area (Å²) in [5.41, 5.74) is 4.73. The second kappa shape index (κ2) is 9.49. The molecule has 2 heterocycles. The second-order valence-electron chi connectivity index (χ2n) is 10.8. The number of aromatic carboxylic acids is 1. The topological polar surface area (TPSA) is 71.8 Å². The fourth-order valence-corrected chi connectivity index (χ4v) is 5.65. The zero-order valence-corrected chi connectivity index (χ0v) is 21.3. The Hall–Kier alpha value is -3.54. The molecule has 1 N–H and O–H groups in total. The standard InChI is InChI=1S/C30H34N2O4/c1-30(2,3)36-29(35)32-18-10-9-17-31-25-19-21(28(33)34)15-16-22(25)26(20-11-5-4-6-12-20)27(31)23-13-7-8-14-24(23)32/h7-10,13-16,19-20H,4-6,11-12,17-18H2,1-3H3,(H,33,34)/b10-9-. The summed E-state index contributed by atoms with van der Waals surface area (Å²) in [7, 11) is 0. The van der Waals surface area contributed by atoms with E-state index >= 15 is 0 Å². The third-order valence-corrected chi connectivity index (χ3v) is 7.17. The van der Waals surface area contributed by atoms with Crippen LogP contribution in [0.5, 0.6) is 0 Å². The fourth-order valence-electron chi connectivity index (χ4n) is 5.65. The van der Waals surface area contributed by atoms with Crippen molar-refractivity contribution in [3.8, 4) is 11.3 Å². The lowest BCUT2D eigenvalue weighted by molar-refractivity contribution is 0.0583. The average molecular weight is 487 g/mol. The molecule has 2 aliphatic rings. The van der Waals surface area contributed by atoms with E-state index in [1.54, 1.807) is 17.0 Å². The molecule has 0 bridgehead atoms. The van der Waals surface area contributed by atoms with Gasteiger partial charge < -0.3 is 14.4 Å². The van der Waals surface area contributed by atoms with Crippen molar-refractivity contribution >= 4 is 28.7 Å². The minimum absolute atomic E-state index is 0.283. The number of hydrogen-bond acceptors (Lipinski definition) is 3. The van der Waals surface area contributed by atoms with E-state index in [-0.39, 0.29) is 11.7 Å². The molecule has 0 atom stereocenters. The number of allylic oxidation sites excluding steroid dienone is 1. The number of rotatable bonds is 2. The van der Waals surface area contributed by atoms with Gasteiger partial charge in [-0.25, -0.2) is 9.59 Å². The summed E-state index contributed by atoms with van der Waals surface area (Å²) < 4.78 is 8.02. The van der Waals surface area contributed by atoms with Crippen molar-refractivity contribution in [3.05, 3.63) is 65.7 Å². The number of ether oxygens (including phenoxy) is 1. The number of fused-ring (bicyclic) bond motifs is 5. The van der Waals surface area contributed by atoms with Gasteiger partial charge in [0.2, 0.25) is 0 Å². The summed E-state index contributed by atoms with van der Waals surface area (Å²) in [4.78, 5) is 26.9. The van der Waals surface area contributed by atoms with Crippen molar-refractivity contribution in [2.75, 3.05) is 11.4 Å². The van der Waals surface area contributed by atoms with Crippen molar-refractivity contribution in [3.63, 3.8) is 0 Å². The highest BCUT2D eigenvalue weighted by molar-refractivity contribution is 6.01. The van der Waals surface area contributed by atoms with Crippen LogP contribution in [-0.4, -0.2) is 33.9 Å². The first-order chi connectivity index (χ1) is 17.2. The number of carboxylic acid groups (broad SMARTS) is 1. The molecule has 0 spiro atoms. The maximum atomic E-state index is 13.3. The van der Waals surface area contributed by atoms with Crippen LogP contribution in [0, 0.1) is 0 Å². The van der Waals surface area contributed by atoms with Gasteiger partial charge in [0.1, 0.15) is 5.60 Å². The second-order valence-corrected chi connectivity index (χ2v) is 10.8. The Bertz CT molecular complexity index is 1340. The summed E-state index contributed by atoms with van der Waals surface area (Å²) >= 11 is 0. The van der Waals surface area contributed by atoms with Gasteiger partial charge >= 0.3 is 12.1 Å². The number of hydrogen-bond donors (Lipinski definition) is 1. The summed E-state index contributed by atoms with van der Waals surface area (Å²) in [6.07, 6.45) is 9.52. The molecule has 1 aliphatic heterocycles. The maximum Gasteiger partial charge on any atom is 0.415 e. The monoisotopic (exact) mass is 486 g/mol. The van der Waals surface area contributed by atoms with E-state index < -0.39 is 11.6 Å². The number of carbonyl (C=O) groups excluding carboxylic acids is 1. The lowest BCUT2D eigenvalue weighted by Gasteiger charge is -2.29. The number of carboxylic acids is 1. The molecule has 6 heteroatoms. The predicted molar refractivity (Wildman–Crippen MR) is 143 cm³/mol. The van der Waals surface area contributed by atoms with E-state index in [9.17, 15) is 14.7 Å². The van der Waals surface area contributed by atoms with Crippen LogP contribution < -0.4 is 4.90 Å². The van der Waals surface area contributed by atoms with Crippen molar-refractivity contribution in [1.82, 2.24) is 4.57 Å². The largest absolute Gasteiger partial charge is 0.478 e. The van der Waals surface area contributed by atoms with Gasteiger partial charge in [0, 0.05) is 29.6 Å². The first kappa shape index (κ1) is 24.2. The van der Waals surface area contributed by atoms with Gasteiger partial charge in [-0.1, -0.05) is 55.7 Å². The minimum atomic E-state index is -0.929. The van der Waals surface area contributed by atoms with Crippen LogP contribution in [0.3, 0.4) is 0 Å². The molecule has 3 aromatic rings. The summed E-state index contributed by atoms with van der Waals surface area (Å²) in [5, 5.41) is 10.8. The van der Waals surface area contributed by atoms with Crippen LogP contribution >= 0.6 is 0 Å². The number of para-hydroxylation sites is 1. The average Bonchev–Trinajstić information content (AvgIpc) is 3.19. The van der Waals surface area contributed by atoms with E-state index in [2.05, 4.69) is 16.7 Å². The summed E-state index contributed by atoms with van der Waals surface area (Å²) in [6, 6.07) is 13.5. The highest BCUT2D eigenvalue weighted by Gasteiger charge is 2.31. The zero-order chi connectivity index (χ0) is 25.4. The minimum Gasteiger partial charge on any atom is -0.478 e. The zero-order valence-electron chi connectivity index (χ0n) is 21.3. The smallest absolute Gasteiger partial charge is 0.415 e. The van der Waals surface area contributed by atoms with E-state index in [1.165, 1.54) is 24.8 Å². The van der Waals surface area contributed by atoms with E-state index in [4.69, 9.17) is 4.74 Å². The van der Waals surface area contributed by atoms with Crippen LogP contribution in [-0.2, 0) is 11.3 Å². The summed E-state index contributed by atoms with van der Waals surface area (Å²) in [6.45, 7) is 6.62. The molecule has 6 nitrogen and oxygen atoms in total. The van der Waals surface area contributed by atoms with Crippen LogP contribution in [0.4, 0.5) is 10.5 Å². The Balaban J connectivity index is 1.79. The van der Waals surface area contributed by atoms with Crippen LogP contribution in [0.2, 0.25) is 0 Å². The van der Waals surface area contributed by atoms with Crippen molar-refractivity contribution in [2.24, 2.45) is 0 Å². The molecule has 1 saturated carbocycles. The lowest BCUT2D eigenvalue weighted by Crippen LogP contribution is -2.37. The van der Waals surface area contributed by atoms with Gasteiger partial charge in [-0.3, -0.25) is 4.90 Å². The molecule has 1 aromatic heterocycles. The highest BCUT2D eigenvalue weighted by atomic mass is 16.6. The van der Waals surface area contributed by atoms with Crippen molar-refractivity contribution in [2.45, 2.75) is 70.9 Å². The van der Waals surface area contributed by atoms with Gasteiger partial charge in [0.15, 0.2) is 0 Å². The van der Waals surface area contributed by atoms with Gasteiger partial charge in [0.25, 0.3) is 0 Å². The molecule has 1 aliphatic carbocycles. The molecule has 1 fully saturated rings. The molecular formula is C30H34N2O4. The predicted octanol–water partition coefficient (Wildman–Crippen LogP) is 7.37. The van der Waals surface area contributed by atoms with E-state index in [1.807, 2.05) is 51.1 Å². The first-order valence-corrected chi connectivity index (χ1v) is 12.9. The quantitative estimate of drug-likeness (QED) is 0.384. The number of aromatic nitrogens is 1. The van der Waals surface area contributed by atoms with E-state index in [0.29, 0.717) is 19.0 Å². The third-order valence-electron chi connectivity index (χ3n) is 7.17. The number of carbonyl (C=O) groups is 2. The Morgan fingerprint density at radius 3 is 2.42 bits per heavy atom. The normalized spacial score (nSPS) is 17.5. The van der Waals surface area contributed by atoms with Gasteiger partial charge in [0.05, 0.1) is 16.9 Å². The van der Waals surface area contributed by atoms with Gasteiger partial charge in [-0.2, -0.15) is 0 Å². The van der Waals surface area contributed by atoms with Gasteiger partial charge in [-0.05, 0) is 63.3 Å². The SMILES string of the molecule is CC(C)(C)OC(=O)N1C/C=C\Cn2c(c(C3CCCCC3)c3ccc(C(=O)O)cc32)-c2ccccc21. The highest BCUT2D eigenvalue weighted by Crippen LogP contribution is 2.46. The molecule has 0 saturated heterocycles. The molecule has 0 radical (unpaired) electrons. The van der Waals surface area contributed by atoms with Crippen LogP contribution in [0.1, 0.15) is 74.7 Å². The van der Waals surface area contributed by atoms with Crippen LogP contribution in [0.15, 0.2) is 54.6 Å². The molecule has 188 valence electrons. The lowest BCUT2D eigenvalue weighted by atomic mass is 9.81. The van der Waals surface area contributed by atoms with E-state index in [0.717, 1.165) is 40.7 Å². The van der Waals surface area contributed by atoms with Crippen LogP contribution in [0.25, 0.3) is 22.2 Å². The molecule has 5 rings (SSSR count). The molecular weight excluding hydrogens is 452 g/mol. The molecule has 36 heavy (non-hydrogen) atoms. The van der Waals surface area contributed by atoms with Gasteiger partial charge in [-0.15, -0.1) is 0 Å². The molecule has 0 unspecified atom stereocenters. The maximum absolute atomic E-state index is 13.3. The number of amides is 1. The number of nitrogens with zero attached hydrogens (tertiary/aromatic N) is 2. The number of anilines is 1. The fraction of sp³-hybridized carbons (Fsp3) is 0.400. The Labute approximate surface area is 212 Å². The number of benzene rings is 2. The third kappa shape index (κ3) is 4.52. The summed E-state index contributed by atoms with van der Waals surface area (Å²) in [5.74, 6) is -0.539. The first-order valence-electron chi connectivity index (χ1n) is 12.9. The molecule has 2 aromatic carbocycles. The Kier molecular flexibility index (Phi) is 6.37. The molecule has 1 amide bonds. The van der Waals surface area contributed by atoms with Crippen molar-refractivity contribution < 1.29 is 19.4 Å². The van der Waals surface area contributed by atoms with Crippen molar-refractivity contribution in [1.29, 1.82) is 0 Å².